The van der Waals surface area contributed by atoms with E-state index in [1.807, 2.05) is 44.2 Å². The first-order valence-corrected chi connectivity index (χ1v) is 12.0. The molecule has 0 radical (unpaired) electrons. The van der Waals surface area contributed by atoms with Gasteiger partial charge >= 0.3 is 0 Å². The molecule has 32 heavy (non-hydrogen) atoms. The van der Waals surface area contributed by atoms with Gasteiger partial charge in [-0.3, -0.25) is 9.52 Å². The van der Waals surface area contributed by atoms with Gasteiger partial charge < -0.3 is 10.1 Å². The van der Waals surface area contributed by atoms with Crippen molar-refractivity contribution in [1.29, 1.82) is 0 Å². The maximum absolute atomic E-state index is 12.5. The second kappa shape index (κ2) is 10.8. The Morgan fingerprint density at radius 2 is 1.59 bits per heavy atom. The fourth-order valence-corrected chi connectivity index (χ4v) is 4.17. The lowest BCUT2D eigenvalue weighted by Gasteiger charge is -2.14. The Balaban J connectivity index is 1.46. The third kappa shape index (κ3) is 7.13. The van der Waals surface area contributed by atoms with Crippen LogP contribution in [-0.2, 0) is 21.2 Å². The van der Waals surface area contributed by atoms with Gasteiger partial charge in [-0.25, -0.2) is 8.42 Å². The highest BCUT2D eigenvalue weighted by molar-refractivity contribution is 7.92. The van der Waals surface area contributed by atoms with Crippen molar-refractivity contribution >= 4 is 21.6 Å². The molecule has 7 heteroatoms. The number of sulfonamides is 1. The number of carbonyl (C=O) groups excluding carboxylic acids is 1. The number of benzene rings is 3. The van der Waals surface area contributed by atoms with Crippen molar-refractivity contribution < 1.29 is 17.9 Å². The number of anilines is 1. The number of nitrogens with one attached hydrogen (secondary N) is 2. The largest absolute Gasteiger partial charge is 0.484 e. The standard InChI is InChI=1S/C25H28N2O4S/c1-19-8-12-22(13-9-19)27-32(29,30)24-16-14-23(15-17-24)31-18-25(28)26-20(2)10-11-21-6-4-3-5-7-21/h3-9,12-17,20,27H,10-11,18H2,1-2H3,(H,26,28)/t20-/m1/s1. The molecule has 1 amide bonds. The van der Waals surface area contributed by atoms with Crippen molar-refractivity contribution in [1.82, 2.24) is 5.32 Å². The van der Waals surface area contributed by atoms with Crippen LogP contribution in [0.2, 0.25) is 0 Å². The summed E-state index contributed by atoms with van der Waals surface area (Å²) in [7, 11) is -3.70. The van der Waals surface area contributed by atoms with Gasteiger partial charge in [-0.05, 0) is 68.7 Å². The molecule has 6 nitrogen and oxygen atoms in total. The normalized spacial score (nSPS) is 12.1. The van der Waals surface area contributed by atoms with Crippen molar-refractivity contribution in [2.45, 2.75) is 37.6 Å². The van der Waals surface area contributed by atoms with Crippen LogP contribution in [0.1, 0.15) is 24.5 Å². The molecule has 168 valence electrons. The zero-order valence-corrected chi connectivity index (χ0v) is 19.1. The Morgan fingerprint density at radius 1 is 0.938 bits per heavy atom. The molecule has 3 rings (SSSR count). The zero-order chi connectivity index (χ0) is 23.0. The van der Waals surface area contributed by atoms with Gasteiger partial charge in [0.25, 0.3) is 15.9 Å². The number of ether oxygens (including phenoxy) is 1. The Hall–Kier alpha value is -3.32. The van der Waals surface area contributed by atoms with Gasteiger partial charge in [-0.1, -0.05) is 48.0 Å². The van der Waals surface area contributed by atoms with E-state index in [2.05, 4.69) is 22.2 Å². The van der Waals surface area contributed by atoms with E-state index in [0.29, 0.717) is 11.4 Å². The number of aryl methyl sites for hydroxylation is 2. The molecule has 0 aliphatic rings. The topological polar surface area (TPSA) is 84.5 Å². The molecule has 0 saturated carbocycles. The molecule has 0 heterocycles. The van der Waals surface area contributed by atoms with E-state index in [0.717, 1.165) is 18.4 Å². The molecule has 0 unspecified atom stereocenters. The SMILES string of the molecule is Cc1ccc(NS(=O)(=O)c2ccc(OCC(=O)N[C@H](C)CCc3ccccc3)cc2)cc1. The average Bonchev–Trinajstić information content (AvgIpc) is 2.79. The van der Waals surface area contributed by atoms with Gasteiger partial charge in [-0.15, -0.1) is 0 Å². The van der Waals surface area contributed by atoms with E-state index < -0.39 is 10.0 Å². The second-order valence-corrected chi connectivity index (χ2v) is 9.41. The van der Waals surface area contributed by atoms with Crippen molar-refractivity contribution in [2.24, 2.45) is 0 Å². The highest BCUT2D eigenvalue weighted by atomic mass is 32.2. The summed E-state index contributed by atoms with van der Waals surface area (Å²) in [4.78, 5) is 12.3. The van der Waals surface area contributed by atoms with Crippen LogP contribution in [0, 0.1) is 6.92 Å². The minimum atomic E-state index is -3.70. The first kappa shape index (κ1) is 23.3. The predicted molar refractivity (Wildman–Crippen MR) is 126 cm³/mol. The molecule has 1 atom stereocenters. The molecule has 0 saturated heterocycles. The highest BCUT2D eigenvalue weighted by Gasteiger charge is 2.14. The lowest BCUT2D eigenvalue weighted by Crippen LogP contribution is -2.36. The molecule has 3 aromatic carbocycles. The van der Waals surface area contributed by atoms with Crippen LogP contribution in [-0.4, -0.2) is 27.0 Å². The summed E-state index contributed by atoms with van der Waals surface area (Å²) in [6, 6.07) is 23.2. The van der Waals surface area contributed by atoms with Crippen LogP contribution in [0.15, 0.2) is 83.8 Å². The van der Waals surface area contributed by atoms with E-state index in [9.17, 15) is 13.2 Å². The van der Waals surface area contributed by atoms with Crippen molar-refractivity contribution in [3.8, 4) is 5.75 Å². The molecule has 0 spiro atoms. The van der Waals surface area contributed by atoms with Crippen molar-refractivity contribution in [3.63, 3.8) is 0 Å². The summed E-state index contributed by atoms with van der Waals surface area (Å²) in [6.45, 7) is 3.76. The first-order chi connectivity index (χ1) is 15.3. The number of hydrogen-bond donors (Lipinski definition) is 2. The first-order valence-electron chi connectivity index (χ1n) is 10.5. The second-order valence-electron chi connectivity index (χ2n) is 7.72. The predicted octanol–water partition coefficient (Wildman–Crippen LogP) is 4.31. The van der Waals surface area contributed by atoms with Gasteiger partial charge in [0.2, 0.25) is 0 Å². The lowest BCUT2D eigenvalue weighted by atomic mass is 10.1. The summed E-state index contributed by atoms with van der Waals surface area (Å²) in [5, 5.41) is 2.92. The minimum Gasteiger partial charge on any atom is -0.484 e. The summed E-state index contributed by atoms with van der Waals surface area (Å²) in [5.74, 6) is 0.203. The van der Waals surface area contributed by atoms with Gasteiger partial charge in [0.1, 0.15) is 5.75 Å². The molecule has 0 aliphatic carbocycles. The van der Waals surface area contributed by atoms with Crippen LogP contribution >= 0.6 is 0 Å². The molecule has 2 N–H and O–H groups in total. The fraction of sp³-hybridized carbons (Fsp3) is 0.240. The summed E-state index contributed by atoms with van der Waals surface area (Å²) < 4.78 is 33.1. The van der Waals surface area contributed by atoms with E-state index in [1.54, 1.807) is 12.1 Å². The van der Waals surface area contributed by atoms with Crippen LogP contribution in [0.5, 0.6) is 5.75 Å². The third-order valence-corrected chi connectivity index (χ3v) is 6.32. The Labute approximate surface area is 189 Å². The summed E-state index contributed by atoms with van der Waals surface area (Å²) in [5.41, 5.74) is 2.77. The van der Waals surface area contributed by atoms with Gasteiger partial charge in [-0.2, -0.15) is 0 Å². The van der Waals surface area contributed by atoms with E-state index in [1.165, 1.54) is 29.8 Å². The van der Waals surface area contributed by atoms with Crippen molar-refractivity contribution in [3.05, 3.63) is 90.0 Å². The monoisotopic (exact) mass is 452 g/mol. The smallest absolute Gasteiger partial charge is 0.261 e. The van der Waals surface area contributed by atoms with E-state index in [-0.39, 0.29) is 23.5 Å². The van der Waals surface area contributed by atoms with Gasteiger partial charge in [0.05, 0.1) is 4.90 Å². The fourth-order valence-electron chi connectivity index (χ4n) is 3.12. The molecular weight excluding hydrogens is 424 g/mol. The Bertz CT molecular complexity index is 1110. The Morgan fingerprint density at radius 3 is 2.25 bits per heavy atom. The van der Waals surface area contributed by atoms with E-state index in [4.69, 9.17) is 4.74 Å². The number of amides is 1. The van der Waals surface area contributed by atoms with Gasteiger partial charge in [0.15, 0.2) is 6.61 Å². The Kier molecular flexibility index (Phi) is 7.89. The summed E-state index contributed by atoms with van der Waals surface area (Å²) in [6.07, 6.45) is 1.71. The molecule has 0 aliphatic heterocycles. The van der Waals surface area contributed by atoms with Crippen molar-refractivity contribution in [2.75, 3.05) is 11.3 Å². The van der Waals surface area contributed by atoms with E-state index >= 15 is 0 Å². The maximum Gasteiger partial charge on any atom is 0.261 e. The van der Waals surface area contributed by atoms with Gasteiger partial charge in [0, 0.05) is 11.7 Å². The highest BCUT2D eigenvalue weighted by Crippen LogP contribution is 2.19. The molecule has 3 aromatic rings. The molecule has 0 fully saturated rings. The van der Waals surface area contributed by atoms with Crippen LogP contribution in [0.25, 0.3) is 0 Å². The number of rotatable bonds is 10. The lowest BCUT2D eigenvalue weighted by molar-refractivity contribution is -0.123. The maximum atomic E-state index is 12.5. The molecular formula is C25H28N2O4S. The summed E-state index contributed by atoms with van der Waals surface area (Å²) >= 11 is 0. The van der Waals surface area contributed by atoms with Crippen LogP contribution < -0.4 is 14.8 Å². The zero-order valence-electron chi connectivity index (χ0n) is 18.2. The number of hydrogen-bond acceptors (Lipinski definition) is 4. The average molecular weight is 453 g/mol. The van der Waals surface area contributed by atoms with Crippen LogP contribution in [0.3, 0.4) is 0 Å². The number of carbonyl (C=O) groups is 1. The third-order valence-electron chi connectivity index (χ3n) is 4.92. The quantitative estimate of drug-likeness (QED) is 0.480. The molecule has 0 bridgehead atoms. The van der Waals surface area contributed by atoms with Crippen LogP contribution in [0.4, 0.5) is 5.69 Å². The molecule has 0 aromatic heterocycles. The minimum absolute atomic E-state index is 0.0201.